The van der Waals surface area contributed by atoms with Crippen molar-refractivity contribution in [2.24, 2.45) is 0 Å². The van der Waals surface area contributed by atoms with Gasteiger partial charge in [0.25, 0.3) is 0 Å². The third kappa shape index (κ3) is 3.00. The third-order valence-electron chi connectivity index (χ3n) is 3.33. The van der Waals surface area contributed by atoms with E-state index in [1.54, 1.807) is 17.5 Å². The molecule has 0 bridgehead atoms. The summed E-state index contributed by atoms with van der Waals surface area (Å²) in [6, 6.07) is 2.33. The summed E-state index contributed by atoms with van der Waals surface area (Å²) in [4.78, 5) is 9.05. The predicted molar refractivity (Wildman–Crippen MR) is 88.1 cm³/mol. The predicted octanol–water partition coefficient (Wildman–Crippen LogP) is 3.79. The highest BCUT2D eigenvalue weighted by Gasteiger charge is 2.12. The highest BCUT2D eigenvalue weighted by Crippen LogP contribution is 2.23. The molecule has 3 aromatic heterocycles. The minimum Gasteiger partial charge on any atom is -0.369 e. The summed E-state index contributed by atoms with van der Waals surface area (Å²) in [6.45, 7) is 5.18. The highest BCUT2D eigenvalue weighted by atomic mass is 32.1. The summed E-state index contributed by atoms with van der Waals surface area (Å²) in [5.41, 5.74) is 2.11. The summed E-state index contributed by atoms with van der Waals surface area (Å²) in [5, 5.41) is 11.0. The minimum absolute atomic E-state index is 0.200. The molecule has 0 aliphatic heterocycles. The Hall–Kier alpha value is -2.08. The lowest BCUT2D eigenvalue weighted by molar-refractivity contribution is 0.876. The van der Waals surface area contributed by atoms with Gasteiger partial charge in [-0.25, -0.2) is 9.97 Å². The molecular weight excluding hydrogens is 282 g/mol. The Morgan fingerprint density at radius 1 is 1.43 bits per heavy atom. The maximum atomic E-state index is 4.66. The van der Waals surface area contributed by atoms with Crippen LogP contribution >= 0.6 is 11.3 Å². The lowest BCUT2D eigenvalue weighted by Gasteiger charge is -2.15. The van der Waals surface area contributed by atoms with Crippen molar-refractivity contribution >= 4 is 28.6 Å². The van der Waals surface area contributed by atoms with Gasteiger partial charge >= 0.3 is 0 Å². The zero-order chi connectivity index (χ0) is 14.7. The van der Waals surface area contributed by atoms with Gasteiger partial charge in [-0.05, 0) is 35.7 Å². The van der Waals surface area contributed by atoms with E-state index in [9.17, 15) is 0 Å². The summed E-state index contributed by atoms with van der Waals surface area (Å²) < 4.78 is 1.99. The van der Waals surface area contributed by atoms with E-state index in [2.05, 4.69) is 51.3 Å². The zero-order valence-corrected chi connectivity index (χ0v) is 13.0. The standard InChI is InChI=1S/C15H19N5S/c1-3-5-16-13-9-20-7-6-17-15(20)14(19-13)18-11(2)12-4-8-21-10-12/h4,6-11,16H,3,5H2,1-2H3,(H,18,19). The number of imidazole rings is 1. The Kier molecular flexibility index (Phi) is 4.06. The fourth-order valence-electron chi connectivity index (χ4n) is 2.18. The SMILES string of the molecule is CCCNc1cn2ccnc2c(NC(C)c2ccsc2)n1. The number of thiophene rings is 1. The van der Waals surface area contributed by atoms with E-state index in [1.165, 1.54) is 5.56 Å². The number of hydrogen-bond donors (Lipinski definition) is 2. The van der Waals surface area contributed by atoms with Crippen molar-refractivity contribution in [1.29, 1.82) is 0 Å². The number of anilines is 2. The normalized spacial score (nSPS) is 12.5. The van der Waals surface area contributed by atoms with Crippen LogP contribution < -0.4 is 10.6 Å². The molecule has 1 unspecified atom stereocenters. The molecule has 0 spiro atoms. The van der Waals surface area contributed by atoms with Crippen LogP contribution in [0.3, 0.4) is 0 Å². The smallest absolute Gasteiger partial charge is 0.180 e. The summed E-state index contributed by atoms with van der Waals surface area (Å²) in [6.07, 6.45) is 6.77. The molecule has 21 heavy (non-hydrogen) atoms. The van der Waals surface area contributed by atoms with Crippen LogP contribution in [0.5, 0.6) is 0 Å². The van der Waals surface area contributed by atoms with Gasteiger partial charge in [0, 0.05) is 18.9 Å². The topological polar surface area (TPSA) is 54.2 Å². The summed E-state index contributed by atoms with van der Waals surface area (Å²) in [7, 11) is 0. The largest absolute Gasteiger partial charge is 0.369 e. The third-order valence-corrected chi connectivity index (χ3v) is 4.03. The average molecular weight is 301 g/mol. The van der Waals surface area contributed by atoms with Crippen molar-refractivity contribution in [1.82, 2.24) is 14.4 Å². The van der Waals surface area contributed by atoms with Crippen molar-refractivity contribution < 1.29 is 0 Å². The number of nitrogens with one attached hydrogen (secondary N) is 2. The van der Waals surface area contributed by atoms with Crippen molar-refractivity contribution in [3.8, 4) is 0 Å². The zero-order valence-electron chi connectivity index (χ0n) is 12.2. The van der Waals surface area contributed by atoms with Crippen LogP contribution in [0.15, 0.2) is 35.4 Å². The molecule has 110 valence electrons. The molecule has 0 aromatic carbocycles. The van der Waals surface area contributed by atoms with E-state index in [0.29, 0.717) is 0 Å². The molecule has 0 fully saturated rings. The molecule has 0 radical (unpaired) electrons. The van der Waals surface area contributed by atoms with E-state index >= 15 is 0 Å². The van der Waals surface area contributed by atoms with E-state index in [-0.39, 0.29) is 6.04 Å². The first-order valence-corrected chi connectivity index (χ1v) is 8.08. The Balaban J connectivity index is 1.90. The monoisotopic (exact) mass is 301 g/mol. The minimum atomic E-state index is 0.200. The van der Waals surface area contributed by atoms with Crippen LogP contribution in [0.25, 0.3) is 5.65 Å². The van der Waals surface area contributed by atoms with Crippen molar-refractivity contribution in [3.63, 3.8) is 0 Å². The van der Waals surface area contributed by atoms with Crippen LogP contribution in [-0.4, -0.2) is 20.9 Å². The highest BCUT2D eigenvalue weighted by molar-refractivity contribution is 7.07. The molecule has 3 rings (SSSR count). The fraction of sp³-hybridized carbons (Fsp3) is 0.333. The molecule has 0 saturated heterocycles. The molecule has 5 nitrogen and oxygen atoms in total. The van der Waals surface area contributed by atoms with Gasteiger partial charge in [0.1, 0.15) is 5.82 Å². The first-order chi connectivity index (χ1) is 10.3. The second-order valence-corrected chi connectivity index (χ2v) is 5.76. The van der Waals surface area contributed by atoms with Gasteiger partial charge in [-0.15, -0.1) is 0 Å². The number of fused-ring (bicyclic) bond motifs is 1. The lowest BCUT2D eigenvalue weighted by atomic mass is 10.2. The summed E-state index contributed by atoms with van der Waals surface area (Å²) in [5.74, 6) is 1.67. The Labute approximate surface area is 128 Å². The van der Waals surface area contributed by atoms with Gasteiger partial charge in [-0.2, -0.15) is 11.3 Å². The van der Waals surface area contributed by atoms with Gasteiger partial charge in [-0.1, -0.05) is 6.92 Å². The Morgan fingerprint density at radius 3 is 3.10 bits per heavy atom. The van der Waals surface area contributed by atoms with Crippen molar-refractivity contribution in [2.75, 3.05) is 17.2 Å². The number of aromatic nitrogens is 3. The van der Waals surface area contributed by atoms with Crippen molar-refractivity contribution in [2.45, 2.75) is 26.3 Å². The molecule has 2 N–H and O–H groups in total. The van der Waals surface area contributed by atoms with Crippen LogP contribution in [0.4, 0.5) is 11.6 Å². The molecule has 0 aliphatic carbocycles. The summed E-state index contributed by atoms with van der Waals surface area (Å²) >= 11 is 1.70. The quantitative estimate of drug-likeness (QED) is 0.727. The number of nitrogens with zero attached hydrogens (tertiary/aromatic N) is 3. The number of hydrogen-bond acceptors (Lipinski definition) is 5. The molecule has 0 aliphatic rings. The van der Waals surface area contributed by atoms with Gasteiger partial charge in [0.2, 0.25) is 0 Å². The van der Waals surface area contributed by atoms with Crippen LogP contribution in [0.2, 0.25) is 0 Å². The molecule has 1 atom stereocenters. The van der Waals surface area contributed by atoms with Crippen LogP contribution in [0.1, 0.15) is 31.9 Å². The van der Waals surface area contributed by atoms with E-state index in [1.807, 2.05) is 16.8 Å². The lowest BCUT2D eigenvalue weighted by Crippen LogP contribution is -2.11. The van der Waals surface area contributed by atoms with Gasteiger partial charge in [-0.3, -0.25) is 0 Å². The first-order valence-electron chi connectivity index (χ1n) is 7.14. The van der Waals surface area contributed by atoms with E-state index in [0.717, 1.165) is 30.2 Å². The van der Waals surface area contributed by atoms with Crippen LogP contribution in [-0.2, 0) is 0 Å². The maximum Gasteiger partial charge on any atom is 0.180 e. The first kappa shape index (κ1) is 13.9. The van der Waals surface area contributed by atoms with Crippen molar-refractivity contribution in [3.05, 3.63) is 41.0 Å². The molecule has 3 aromatic rings. The second-order valence-electron chi connectivity index (χ2n) is 4.98. The Morgan fingerprint density at radius 2 is 2.33 bits per heavy atom. The molecule has 6 heteroatoms. The Bertz CT molecular complexity index is 704. The van der Waals surface area contributed by atoms with Crippen LogP contribution in [0, 0.1) is 0 Å². The molecule has 0 saturated carbocycles. The van der Waals surface area contributed by atoms with Gasteiger partial charge in [0.05, 0.1) is 12.2 Å². The molecular formula is C15H19N5S. The molecule has 0 amide bonds. The fourth-order valence-corrected chi connectivity index (χ4v) is 2.93. The second kappa shape index (κ2) is 6.13. The van der Waals surface area contributed by atoms with E-state index in [4.69, 9.17) is 0 Å². The maximum absolute atomic E-state index is 4.66. The molecule has 3 heterocycles. The number of rotatable bonds is 6. The van der Waals surface area contributed by atoms with Gasteiger partial charge in [0.15, 0.2) is 11.5 Å². The van der Waals surface area contributed by atoms with Gasteiger partial charge < -0.3 is 15.0 Å². The average Bonchev–Trinajstić information content (AvgIpc) is 3.15. The van der Waals surface area contributed by atoms with E-state index < -0.39 is 0 Å².